The van der Waals surface area contributed by atoms with Gasteiger partial charge < -0.3 is 5.32 Å². The first-order chi connectivity index (χ1) is 11.7. The van der Waals surface area contributed by atoms with Crippen molar-refractivity contribution in [3.63, 3.8) is 0 Å². The Kier molecular flexibility index (Phi) is 5.86. The Morgan fingerprint density at radius 2 is 1.92 bits per heavy atom. The van der Waals surface area contributed by atoms with Gasteiger partial charge in [0.15, 0.2) is 0 Å². The summed E-state index contributed by atoms with van der Waals surface area (Å²) >= 11 is 1.48. The number of rotatable bonds is 5. The van der Waals surface area contributed by atoms with Crippen molar-refractivity contribution < 1.29 is 4.79 Å². The van der Waals surface area contributed by atoms with Crippen molar-refractivity contribution in [2.75, 3.05) is 5.75 Å². The third-order valence-corrected chi connectivity index (χ3v) is 5.12. The van der Waals surface area contributed by atoms with E-state index >= 15 is 0 Å². The molecule has 0 radical (unpaired) electrons. The zero-order chi connectivity index (χ0) is 16.8. The fourth-order valence-corrected chi connectivity index (χ4v) is 3.78. The normalized spacial score (nSPS) is 15.2. The summed E-state index contributed by atoms with van der Waals surface area (Å²) in [6.45, 7) is 1.89. The maximum absolute atomic E-state index is 12.1. The first kappa shape index (κ1) is 17.0. The minimum Gasteiger partial charge on any atom is -0.353 e. The molecule has 0 aliphatic heterocycles. The Morgan fingerprint density at radius 3 is 2.67 bits per heavy atom. The van der Waals surface area contributed by atoms with Crippen LogP contribution in [0.15, 0.2) is 41.4 Å². The van der Waals surface area contributed by atoms with Gasteiger partial charge in [0, 0.05) is 11.6 Å². The van der Waals surface area contributed by atoms with Crippen LogP contribution in [-0.2, 0) is 4.79 Å². The summed E-state index contributed by atoms with van der Waals surface area (Å²) in [5.41, 5.74) is 1.97. The molecule has 1 amide bonds. The van der Waals surface area contributed by atoms with Crippen molar-refractivity contribution in [1.29, 1.82) is 0 Å². The Morgan fingerprint density at radius 1 is 1.17 bits per heavy atom. The standard InChI is InChI=1S/C19H23N3OS/c1-14-20-17(15-8-4-2-5-9-15)12-19(21-14)24-13-18(23)22-16-10-6-3-7-11-16/h2,4-5,8-9,12,16H,3,6-7,10-11,13H2,1H3,(H,22,23). The maximum Gasteiger partial charge on any atom is 0.230 e. The molecule has 1 saturated carbocycles. The molecule has 1 aliphatic carbocycles. The molecule has 1 N–H and O–H groups in total. The molecule has 1 aliphatic rings. The van der Waals surface area contributed by atoms with Crippen LogP contribution in [0.1, 0.15) is 37.9 Å². The molecule has 4 nitrogen and oxygen atoms in total. The number of benzene rings is 1. The predicted octanol–water partition coefficient (Wildman–Crippen LogP) is 3.99. The van der Waals surface area contributed by atoms with Crippen molar-refractivity contribution in [3.05, 3.63) is 42.2 Å². The molecule has 24 heavy (non-hydrogen) atoms. The zero-order valence-electron chi connectivity index (χ0n) is 14.0. The second-order valence-corrected chi connectivity index (χ2v) is 7.19. The van der Waals surface area contributed by atoms with Crippen LogP contribution >= 0.6 is 11.8 Å². The van der Waals surface area contributed by atoms with Gasteiger partial charge in [-0.2, -0.15) is 0 Å². The molecule has 0 saturated heterocycles. The number of nitrogens with one attached hydrogen (secondary N) is 1. The minimum atomic E-state index is 0.101. The van der Waals surface area contributed by atoms with Gasteiger partial charge in [-0.05, 0) is 25.8 Å². The Balaban J connectivity index is 1.60. The van der Waals surface area contributed by atoms with Crippen LogP contribution in [0, 0.1) is 6.92 Å². The maximum atomic E-state index is 12.1. The molecule has 1 fully saturated rings. The van der Waals surface area contributed by atoms with Gasteiger partial charge in [-0.3, -0.25) is 4.79 Å². The van der Waals surface area contributed by atoms with Crippen molar-refractivity contribution >= 4 is 17.7 Å². The second-order valence-electron chi connectivity index (χ2n) is 6.20. The van der Waals surface area contributed by atoms with Gasteiger partial charge in [-0.1, -0.05) is 61.4 Å². The largest absolute Gasteiger partial charge is 0.353 e. The van der Waals surface area contributed by atoms with E-state index < -0.39 is 0 Å². The van der Waals surface area contributed by atoms with Gasteiger partial charge in [-0.25, -0.2) is 9.97 Å². The highest BCUT2D eigenvalue weighted by Gasteiger charge is 2.16. The van der Waals surface area contributed by atoms with Crippen molar-refractivity contribution in [1.82, 2.24) is 15.3 Å². The highest BCUT2D eigenvalue weighted by atomic mass is 32.2. The molecule has 1 aromatic carbocycles. The summed E-state index contributed by atoms with van der Waals surface area (Å²) in [5.74, 6) is 1.23. The molecule has 1 heterocycles. The van der Waals surface area contributed by atoms with Gasteiger partial charge in [0.2, 0.25) is 5.91 Å². The van der Waals surface area contributed by atoms with Crippen LogP contribution in [0.4, 0.5) is 0 Å². The lowest BCUT2D eigenvalue weighted by atomic mass is 9.95. The summed E-state index contributed by atoms with van der Waals surface area (Å²) in [6.07, 6.45) is 5.97. The van der Waals surface area contributed by atoms with E-state index in [0.717, 1.165) is 34.9 Å². The van der Waals surface area contributed by atoms with Gasteiger partial charge in [0.05, 0.1) is 11.4 Å². The molecule has 3 rings (SSSR count). The van der Waals surface area contributed by atoms with E-state index in [9.17, 15) is 4.79 Å². The fourth-order valence-electron chi connectivity index (χ4n) is 3.03. The lowest BCUT2D eigenvalue weighted by Crippen LogP contribution is -2.37. The molecular weight excluding hydrogens is 318 g/mol. The van der Waals surface area contributed by atoms with Crippen LogP contribution in [0.5, 0.6) is 0 Å². The molecule has 0 unspecified atom stereocenters. The number of carbonyl (C=O) groups excluding carboxylic acids is 1. The predicted molar refractivity (Wildman–Crippen MR) is 97.9 cm³/mol. The number of nitrogens with zero attached hydrogens (tertiary/aromatic N) is 2. The summed E-state index contributed by atoms with van der Waals surface area (Å²) in [5, 5.41) is 3.99. The quantitative estimate of drug-likeness (QED) is 0.660. The lowest BCUT2D eigenvalue weighted by molar-refractivity contribution is -0.119. The molecule has 0 atom stereocenters. The minimum absolute atomic E-state index is 0.101. The third kappa shape index (κ3) is 4.81. The highest BCUT2D eigenvalue weighted by Crippen LogP contribution is 2.23. The summed E-state index contributed by atoms with van der Waals surface area (Å²) in [6, 6.07) is 12.4. The average molecular weight is 341 g/mol. The van der Waals surface area contributed by atoms with Crippen molar-refractivity contribution in [3.8, 4) is 11.3 Å². The number of hydrogen-bond acceptors (Lipinski definition) is 4. The average Bonchev–Trinajstić information content (AvgIpc) is 2.61. The van der Waals surface area contributed by atoms with Crippen LogP contribution in [0.2, 0.25) is 0 Å². The zero-order valence-corrected chi connectivity index (χ0v) is 14.8. The topological polar surface area (TPSA) is 54.9 Å². The van der Waals surface area contributed by atoms with E-state index in [2.05, 4.69) is 15.3 Å². The number of aryl methyl sites for hydroxylation is 1. The molecule has 0 spiro atoms. The molecular formula is C19H23N3OS. The molecule has 126 valence electrons. The van der Waals surface area contributed by atoms with E-state index in [0.29, 0.717) is 11.8 Å². The number of thioether (sulfide) groups is 1. The van der Waals surface area contributed by atoms with Crippen LogP contribution in [0.25, 0.3) is 11.3 Å². The summed E-state index contributed by atoms with van der Waals surface area (Å²) in [7, 11) is 0. The Bertz CT molecular complexity index is 684. The van der Waals surface area contributed by atoms with E-state index in [1.54, 1.807) is 0 Å². The molecule has 1 aromatic heterocycles. The van der Waals surface area contributed by atoms with E-state index in [-0.39, 0.29) is 5.91 Å². The van der Waals surface area contributed by atoms with Gasteiger partial charge in [0.1, 0.15) is 10.9 Å². The van der Waals surface area contributed by atoms with Gasteiger partial charge >= 0.3 is 0 Å². The molecule has 0 bridgehead atoms. The van der Waals surface area contributed by atoms with E-state index in [1.807, 2.05) is 43.3 Å². The summed E-state index contributed by atoms with van der Waals surface area (Å²) in [4.78, 5) is 21.1. The third-order valence-electron chi connectivity index (χ3n) is 4.21. The van der Waals surface area contributed by atoms with E-state index in [1.165, 1.54) is 31.0 Å². The van der Waals surface area contributed by atoms with Gasteiger partial charge in [0.25, 0.3) is 0 Å². The first-order valence-electron chi connectivity index (χ1n) is 8.54. The molecule has 5 heteroatoms. The number of hydrogen-bond donors (Lipinski definition) is 1. The Labute approximate surface area is 147 Å². The SMILES string of the molecule is Cc1nc(SCC(=O)NC2CCCCC2)cc(-c2ccccc2)n1. The van der Waals surface area contributed by atoms with Gasteiger partial charge in [-0.15, -0.1) is 0 Å². The number of aromatic nitrogens is 2. The van der Waals surface area contributed by atoms with Crippen LogP contribution in [0.3, 0.4) is 0 Å². The van der Waals surface area contributed by atoms with Crippen molar-refractivity contribution in [2.45, 2.75) is 50.1 Å². The van der Waals surface area contributed by atoms with E-state index in [4.69, 9.17) is 0 Å². The fraction of sp³-hybridized carbons (Fsp3) is 0.421. The monoisotopic (exact) mass is 341 g/mol. The first-order valence-corrected chi connectivity index (χ1v) is 9.52. The Hall–Kier alpha value is -1.88. The van der Waals surface area contributed by atoms with Crippen LogP contribution in [-0.4, -0.2) is 27.7 Å². The lowest BCUT2D eigenvalue weighted by Gasteiger charge is -2.22. The number of amides is 1. The summed E-state index contributed by atoms with van der Waals surface area (Å²) < 4.78 is 0. The van der Waals surface area contributed by atoms with Crippen LogP contribution < -0.4 is 5.32 Å². The number of carbonyl (C=O) groups is 1. The second kappa shape index (κ2) is 8.29. The van der Waals surface area contributed by atoms with Crippen molar-refractivity contribution in [2.24, 2.45) is 0 Å². The smallest absolute Gasteiger partial charge is 0.230 e. The molecule has 2 aromatic rings. The highest BCUT2D eigenvalue weighted by molar-refractivity contribution is 7.99.